The molecule has 2 amide bonds. The van der Waals surface area contributed by atoms with E-state index < -0.39 is 22.2 Å². The Morgan fingerprint density at radius 1 is 0.956 bits per heavy atom. The number of amides is 2. The molecule has 2 unspecified atom stereocenters. The van der Waals surface area contributed by atoms with Gasteiger partial charge in [-0.3, -0.25) is 9.52 Å². The molecule has 2 aromatic heterocycles. The van der Waals surface area contributed by atoms with Gasteiger partial charge in [0.2, 0.25) is 21.9 Å². The highest BCUT2D eigenvalue weighted by molar-refractivity contribution is 7.92. The number of methoxy groups -OCH3 is 1. The molecule has 238 valence electrons. The van der Waals surface area contributed by atoms with E-state index >= 15 is 0 Å². The number of benzene rings is 2. The van der Waals surface area contributed by atoms with Crippen molar-refractivity contribution in [2.45, 2.75) is 52.1 Å². The van der Waals surface area contributed by atoms with Crippen molar-refractivity contribution in [2.24, 2.45) is 5.92 Å². The third-order valence-electron chi connectivity index (χ3n) is 7.86. The molecule has 45 heavy (non-hydrogen) atoms. The number of hydrogen-bond donors (Lipinski definition) is 4. The summed E-state index contributed by atoms with van der Waals surface area (Å²) in [4.78, 5) is 42.3. The van der Waals surface area contributed by atoms with Crippen molar-refractivity contribution in [3.8, 4) is 33.6 Å². The van der Waals surface area contributed by atoms with E-state index in [1.807, 2.05) is 69.3 Å². The van der Waals surface area contributed by atoms with E-state index in [0.717, 1.165) is 46.6 Å². The van der Waals surface area contributed by atoms with Gasteiger partial charge in [0.25, 0.3) is 0 Å². The van der Waals surface area contributed by atoms with Gasteiger partial charge in [0.1, 0.15) is 11.9 Å². The molecule has 0 radical (unpaired) electrons. The first-order valence-corrected chi connectivity index (χ1v) is 16.7. The molecule has 0 bridgehead atoms. The first-order valence-electron chi connectivity index (χ1n) is 15.0. The molecule has 1 saturated heterocycles. The Balaban J connectivity index is 1.26. The van der Waals surface area contributed by atoms with E-state index in [0.29, 0.717) is 18.7 Å². The molecule has 1 fully saturated rings. The number of anilines is 1. The minimum absolute atomic E-state index is 0.0364. The second-order valence-electron chi connectivity index (χ2n) is 11.5. The quantitative estimate of drug-likeness (QED) is 0.174. The minimum Gasteiger partial charge on any atom is -0.453 e. The average Bonchev–Trinajstić information content (AvgIpc) is 3.80. The standard InChI is InChI=1S/C32H39N7O5S/c1-5-17-45(42,43)38-31-34-19-26(36-31)24-14-10-22(11-15-24)21-8-12-23(13-9-21)25-18-33-29(35-25)27-7-6-16-39(27)30(40)28(20(2)3)37-32(41)44-4/h8-15,18-20,27-28H,5-7,16-17H2,1-4H3,(H,33,35)(H,37,41)(H2,34,36,38). The van der Waals surface area contributed by atoms with Crippen molar-refractivity contribution < 1.29 is 22.7 Å². The number of alkyl carbamates (subject to hydrolysis) is 1. The molecule has 1 aliphatic rings. The van der Waals surface area contributed by atoms with Gasteiger partial charge in [0, 0.05) is 6.54 Å². The van der Waals surface area contributed by atoms with E-state index in [1.165, 1.54) is 7.11 Å². The van der Waals surface area contributed by atoms with E-state index in [-0.39, 0.29) is 29.6 Å². The van der Waals surface area contributed by atoms with Crippen LogP contribution in [0.3, 0.4) is 0 Å². The lowest BCUT2D eigenvalue weighted by molar-refractivity contribution is -0.135. The summed E-state index contributed by atoms with van der Waals surface area (Å²) >= 11 is 0. The number of carbonyl (C=O) groups is 2. The van der Waals surface area contributed by atoms with E-state index in [1.54, 1.807) is 17.3 Å². The lowest BCUT2D eigenvalue weighted by Gasteiger charge is -2.30. The summed E-state index contributed by atoms with van der Waals surface area (Å²) in [7, 11) is -2.14. The smallest absolute Gasteiger partial charge is 0.407 e. The fourth-order valence-corrected chi connectivity index (χ4v) is 6.55. The van der Waals surface area contributed by atoms with Gasteiger partial charge in [0.15, 0.2) is 0 Å². The van der Waals surface area contributed by atoms with Crippen molar-refractivity contribution in [3.05, 3.63) is 66.7 Å². The summed E-state index contributed by atoms with van der Waals surface area (Å²) in [5.74, 6) is 0.709. The highest BCUT2D eigenvalue weighted by Gasteiger charge is 2.37. The Hall–Kier alpha value is -4.65. The number of hydrogen-bond acceptors (Lipinski definition) is 7. The van der Waals surface area contributed by atoms with Crippen LogP contribution in [0.5, 0.6) is 0 Å². The van der Waals surface area contributed by atoms with Crippen LogP contribution in [0.25, 0.3) is 33.6 Å². The van der Waals surface area contributed by atoms with Gasteiger partial charge in [-0.15, -0.1) is 0 Å². The van der Waals surface area contributed by atoms with Crippen LogP contribution < -0.4 is 10.0 Å². The molecule has 1 aliphatic heterocycles. The zero-order valence-corrected chi connectivity index (χ0v) is 26.6. The number of H-pyrrole nitrogens is 2. The first-order chi connectivity index (χ1) is 21.6. The van der Waals surface area contributed by atoms with Crippen LogP contribution >= 0.6 is 0 Å². The Labute approximate surface area is 263 Å². The SMILES string of the molecule is CCCS(=O)(=O)Nc1ncc(-c2ccc(-c3ccc(-c4cnc(C5CCCN5C(=O)C(NC(=O)OC)C(C)C)[nH]4)cc3)cc2)[nH]1. The number of nitrogens with zero attached hydrogens (tertiary/aromatic N) is 3. The minimum atomic E-state index is -3.42. The number of carbonyl (C=O) groups excluding carboxylic acids is 2. The molecule has 3 heterocycles. The van der Waals surface area contributed by atoms with Crippen molar-refractivity contribution in [3.63, 3.8) is 0 Å². The van der Waals surface area contributed by atoms with Crippen LogP contribution in [0.4, 0.5) is 10.7 Å². The maximum atomic E-state index is 13.4. The summed E-state index contributed by atoms with van der Waals surface area (Å²) in [6, 6.07) is 15.2. The average molecular weight is 634 g/mol. The zero-order valence-electron chi connectivity index (χ0n) is 25.8. The van der Waals surface area contributed by atoms with E-state index in [2.05, 4.69) is 30.0 Å². The number of sulfonamides is 1. The molecule has 0 spiro atoms. The molecule has 5 rings (SSSR count). The number of rotatable bonds is 11. The van der Waals surface area contributed by atoms with Crippen LogP contribution in [0.1, 0.15) is 51.9 Å². The molecule has 0 saturated carbocycles. The number of ether oxygens (including phenoxy) is 1. The van der Waals surface area contributed by atoms with E-state index in [9.17, 15) is 18.0 Å². The molecule has 2 aromatic carbocycles. The monoisotopic (exact) mass is 633 g/mol. The lowest BCUT2D eigenvalue weighted by atomic mass is 10.0. The summed E-state index contributed by atoms with van der Waals surface area (Å²) in [6.45, 7) is 6.19. The molecule has 4 aromatic rings. The van der Waals surface area contributed by atoms with Gasteiger partial charge in [0.05, 0.1) is 42.7 Å². The second-order valence-corrected chi connectivity index (χ2v) is 13.3. The van der Waals surface area contributed by atoms with Crippen LogP contribution in [-0.2, 0) is 19.6 Å². The van der Waals surface area contributed by atoms with Crippen molar-refractivity contribution >= 4 is 28.0 Å². The second kappa shape index (κ2) is 13.6. The number of aromatic nitrogens is 4. The first kappa shape index (κ1) is 31.8. The van der Waals surface area contributed by atoms with Gasteiger partial charge < -0.3 is 24.9 Å². The lowest BCUT2D eigenvalue weighted by Crippen LogP contribution is -2.51. The molecule has 2 atom stereocenters. The van der Waals surface area contributed by atoms with Gasteiger partial charge in [-0.1, -0.05) is 69.3 Å². The summed E-state index contributed by atoms with van der Waals surface area (Å²) in [6.07, 6.45) is 4.92. The molecule has 12 nitrogen and oxygen atoms in total. The van der Waals surface area contributed by atoms with Crippen LogP contribution in [0, 0.1) is 5.92 Å². The fourth-order valence-electron chi connectivity index (χ4n) is 5.52. The number of likely N-dealkylation sites (tertiary alicyclic amines) is 1. The van der Waals surface area contributed by atoms with Crippen LogP contribution in [-0.4, -0.2) is 70.7 Å². The molecular weight excluding hydrogens is 594 g/mol. The topological polar surface area (TPSA) is 162 Å². The Morgan fingerprint density at radius 3 is 2.11 bits per heavy atom. The highest BCUT2D eigenvalue weighted by atomic mass is 32.2. The molecular formula is C32H39N7O5S. The Morgan fingerprint density at radius 2 is 1.53 bits per heavy atom. The number of aromatic amines is 2. The molecule has 4 N–H and O–H groups in total. The van der Waals surface area contributed by atoms with Crippen molar-refractivity contribution in [2.75, 3.05) is 24.1 Å². The fraction of sp³-hybridized carbons (Fsp3) is 0.375. The van der Waals surface area contributed by atoms with Crippen molar-refractivity contribution in [1.82, 2.24) is 30.2 Å². The number of nitrogens with one attached hydrogen (secondary N) is 4. The Kier molecular flexibility index (Phi) is 9.57. The summed E-state index contributed by atoms with van der Waals surface area (Å²) in [5.41, 5.74) is 5.47. The predicted molar refractivity (Wildman–Crippen MR) is 173 cm³/mol. The molecule has 0 aliphatic carbocycles. The number of imidazole rings is 2. The van der Waals surface area contributed by atoms with E-state index in [4.69, 9.17) is 4.74 Å². The Bertz CT molecular complexity index is 1730. The van der Waals surface area contributed by atoms with Crippen molar-refractivity contribution in [1.29, 1.82) is 0 Å². The maximum absolute atomic E-state index is 13.4. The van der Waals surface area contributed by atoms with Gasteiger partial charge in [-0.25, -0.2) is 23.2 Å². The van der Waals surface area contributed by atoms with Gasteiger partial charge in [-0.2, -0.15) is 0 Å². The third-order valence-corrected chi connectivity index (χ3v) is 9.31. The zero-order chi connectivity index (χ0) is 32.1. The van der Waals surface area contributed by atoms with Gasteiger partial charge in [-0.05, 0) is 47.4 Å². The third kappa shape index (κ3) is 7.36. The largest absolute Gasteiger partial charge is 0.453 e. The normalized spacial score (nSPS) is 15.7. The van der Waals surface area contributed by atoms with Gasteiger partial charge >= 0.3 is 6.09 Å². The van der Waals surface area contributed by atoms with Crippen LogP contribution in [0.15, 0.2) is 60.9 Å². The maximum Gasteiger partial charge on any atom is 0.407 e. The highest BCUT2D eigenvalue weighted by Crippen LogP contribution is 2.33. The predicted octanol–water partition coefficient (Wildman–Crippen LogP) is 5.33. The molecule has 13 heteroatoms. The summed E-state index contributed by atoms with van der Waals surface area (Å²) < 4.78 is 31.3. The van der Waals surface area contributed by atoms with Crippen LogP contribution in [0.2, 0.25) is 0 Å². The summed E-state index contributed by atoms with van der Waals surface area (Å²) in [5, 5.41) is 2.68.